The van der Waals surface area contributed by atoms with Crippen molar-refractivity contribution in [3.8, 4) is 23.0 Å². The fraction of sp³-hybridized carbons (Fsp3) is 0.472. The minimum Gasteiger partial charge on any atom is -0.457 e. The van der Waals surface area contributed by atoms with Gasteiger partial charge in [-0.05, 0) is 116 Å². The van der Waals surface area contributed by atoms with Gasteiger partial charge < -0.3 is 31.6 Å². The molecule has 0 aliphatic heterocycles. The van der Waals surface area contributed by atoms with Crippen molar-refractivity contribution in [3.05, 3.63) is 93.0 Å². The van der Waals surface area contributed by atoms with Crippen molar-refractivity contribution in [2.24, 2.45) is 22.4 Å². The zero-order valence-corrected chi connectivity index (χ0v) is 49.8. The number of hydrogen-bond donors (Lipinski definition) is 5. The number of sulfone groups is 1. The van der Waals surface area contributed by atoms with Crippen LogP contribution in [0.15, 0.2) is 47.5 Å². The number of ether oxygens (including phenoxy) is 2. The molecule has 7 N–H and O–H groups in total. The van der Waals surface area contributed by atoms with E-state index in [1.165, 1.54) is 55.4 Å². The first-order valence-corrected chi connectivity index (χ1v) is 29.7. The van der Waals surface area contributed by atoms with E-state index in [9.17, 15) is 34.8 Å². The lowest BCUT2D eigenvalue weighted by atomic mass is 9.91. The van der Waals surface area contributed by atoms with Crippen molar-refractivity contribution >= 4 is 77.9 Å². The van der Waals surface area contributed by atoms with Gasteiger partial charge in [-0.3, -0.25) is 24.0 Å². The number of hydrogen-bond acceptors (Lipinski definition) is 14. The number of esters is 2. The molecule has 1 fully saturated rings. The first kappa shape index (κ1) is 66.8. The highest BCUT2D eigenvalue weighted by Gasteiger charge is 2.72. The topological polar surface area (TPSA) is 304 Å². The molecule has 7 rings (SSSR count). The summed E-state index contributed by atoms with van der Waals surface area (Å²) < 4.78 is 218. The SMILES string of the molecule is CC(C)(C)OC(=O)C(C(=O)N[C@@H](Cc1cc(F)cc(F)c1)c1nc(C#CC(C)(C)S(C)(=O)=O)ccc1-c1ccc(Cl)c2c(NS(=O)(=O)CC(=O)NCCN=C(N)N)nn(CC(F)(F)F)c12)(C(=O)OC(C)(C)C)n1nc(C(F)(F)F)c2c1C(F)(F)[C@@H]1C[C@H]21. The number of carbonyl (C=O) groups is 4. The third kappa shape index (κ3) is 14.5. The lowest BCUT2D eigenvalue weighted by molar-refractivity contribution is -0.187. The molecule has 2 aliphatic carbocycles. The van der Waals surface area contributed by atoms with Crippen LogP contribution in [-0.4, -0.2) is 118 Å². The van der Waals surface area contributed by atoms with Crippen LogP contribution in [0.5, 0.6) is 0 Å². The summed E-state index contributed by atoms with van der Waals surface area (Å²) >= 11 is 6.65. The van der Waals surface area contributed by atoms with Crippen LogP contribution in [0.25, 0.3) is 22.0 Å². The van der Waals surface area contributed by atoms with E-state index in [0.29, 0.717) is 18.2 Å². The largest absolute Gasteiger partial charge is 0.457 e. The van der Waals surface area contributed by atoms with E-state index >= 15 is 45.1 Å². The maximum absolute atomic E-state index is 16.8. The number of carbonyl (C=O) groups excluding carboxylic acids is 4. The predicted octanol–water partition coefficient (Wildman–Crippen LogP) is 6.80. The molecule has 2 aliphatic rings. The van der Waals surface area contributed by atoms with Gasteiger partial charge in [-0.2, -0.15) is 45.3 Å². The van der Waals surface area contributed by atoms with Crippen molar-refractivity contribution in [1.82, 2.24) is 35.2 Å². The summed E-state index contributed by atoms with van der Waals surface area (Å²) in [5, 5.41) is 10.7. The Morgan fingerprint density at radius 1 is 0.874 bits per heavy atom. The molecule has 2 amide bonds. The molecule has 1 saturated carbocycles. The first-order valence-electron chi connectivity index (χ1n) is 25.8. The Balaban J connectivity index is 1.58. The zero-order valence-electron chi connectivity index (χ0n) is 47.4. The van der Waals surface area contributed by atoms with Gasteiger partial charge in [0.15, 0.2) is 27.3 Å². The number of anilines is 1. The summed E-state index contributed by atoms with van der Waals surface area (Å²) in [5.41, 5.74) is -5.73. The van der Waals surface area contributed by atoms with Crippen molar-refractivity contribution in [2.75, 3.05) is 29.8 Å². The van der Waals surface area contributed by atoms with Crippen LogP contribution in [-0.2, 0) is 79.1 Å². The van der Waals surface area contributed by atoms with Gasteiger partial charge in [0, 0.05) is 41.5 Å². The minimum atomic E-state index is -5.62. The van der Waals surface area contributed by atoms with Crippen molar-refractivity contribution in [3.63, 3.8) is 0 Å². The Morgan fingerprint density at radius 3 is 2.00 bits per heavy atom. The average molecular weight is 1300 g/mol. The normalized spacial score (nSPS) is 16.4. The molecule has 0 spiro atoms. The number of alkyl halides is 8. The molecule has 87 heavy (non-hydrogen) atoms. The van der Waals surface area contributed by atoms with E-state index in [4.69, 9.17) is 32.5 Å². The van der Waals surface area contributed by atoms with E-state index < -0.39 is 209 Å². The number of fused-ring (bicyclic) bond motifs is 4. The van der Waals surface area contributed by atoms with Gasteiger partial charge in [-0.1, -0.05) is 23.6 Å². The summed E-state index contributed by atoms with van der Waals surface area (Å²) in [7, 11) is -8.98. The molecule has 0 radical (unpaired) electrons. The Labute approximate surface area is 495 Å². The minimum absolute atomic E-state index is 0.192. The number of sulfonamides is 1. The van der Waals surface area contributed by atoms with Gasteiger partial charge >= 0.3 is 29.8 Å². The van der Waals surface area contributed by atoms with Crippen LogP contribution in [0, 0.1) is 29.4 Å². The van der Waals surface area contributed by atoms with E-state index in [1.54, 1.807) is 0 Å². The Bertz CT molecular complexity index is 3910. The number of rotatable bonds is 18. The van der Waals surface area contributed by atoms with E-state index in [-0.39, 0.29) is 23.7 Å². The van der Waals surface area contributed by atoms with Gasteiger partial charge in [-0.15, -0.1) is 0 Å². The Morgan fingerprint density at radius 2 is 1.46 bits per heavy atom. The number of nitrogens with two attached hydrogens (primary N) is 2. The Hall–Kier alpha value is -7.73. The second-order valence-corrected chi connectivity index (χ2v) is 27.6. The van der Waals surface area contributed by atoms with Crippen molar-refractivity contribution < 1.29 is 89.4 Å². The van der Waals surface area contributed by atoms with Gasteiger partial charge in [0.05, 0.1) is 34.2 Å². The molecular formula is C53H56ClF10N11O10S2. The summed E-state index contributed by atoms with van der Waals surface area (Å²) in [6.07, 6.45) is -11.6. The lowest BCUT2D eigenvalue weighted by Crippen LogP contribution is -2.64. The second kappa shape index (κ2) is 23.1. The molecule has 0 bridgehead atoms. The molecule has 472 valence electrons. The molecule has 3 aromatic heterocycles. The number of nitrogens with one attached hydrogen (secondary N) is 3. The summed E-state index contributed by atoms with van der Waals surface area (Å²) in [4.78, 5) is 67.4. The number of amides is 2. The maximum Gasteiger partial charge on any atom is 0.435 e. The zero-order chi connectivity index (χ0) is 65.3. The first-order chi connectivity index (χ1) is 39.7. The van der Waals surface area contributed by atoms with E-state index in [1.807, 2.05) is 4.72 Å². The molecular weight excluding hydrogens is 1240 g/mol. The van der Waals surface area contributed by atoms with Gasteiger partial charge in [-0.25, -0.2) is 44.9 Å². The maximum atomic E-state index is 16.8. The molecule has 0 unspecified atom stereocenters. The number of benzene rings is 2. The third-order valence-corrected chi connectivity index (χ3v) is 16.7. The number of pyridine rings is 1. The fourth-order valence-electron chi connectivity index (χ4n) is 9.32. The van der Waals surface area contributed by atoms with Crippen molar-refractivity contribution in [1.29, 1.82) is 0 Å². The monoisotopic (exact) mass is 1300 g/mol. The highest BCUT2D eigenvalue weighted by Crippen LogP contribution is 2.69. The highest BCUT2D eigenvalue weighted by atomic mass is 35.5. The predicted molar refractivity (Wildman–Crippen MR) is 294 cm³/mol. The fourth-order valence-corrected chi connectivity index (χ4v) is 10.8. The van der Waals surface area contributed by atoms with Crippen LogP contribution in [0.3, 0.4) is 0 Å². The van der Waals surface area contributed by atoms with Crippen LogP contribution in [0.4, 0.5) is 49.7 Å². The molecule has 21 nitrogen and oxygen atoms in total. The van der Waals surface area contributed by atoms with Gasteiger partial charge in [0.2, 0.25) is 15.9 Å². The van der Waals surface area contributed by atoms with Crippen LogP contribution in [0.2, 0.25) is 5.02 Å². The summed E-state index contributed by atoms with van der Waals surface area (Å²) in [5.74, 6) is -15.7. The molecule has 3 heterocycles. The lowest BCUT2D eigenvalue weighted by Gasteiger charge is -2.36. The van der Waals surface area contributed by atoms with Crippen LogP contribution >= 0.6 is 11.6 Å². The number of aliphatic imine (C=N–C) groups is 1. The van der Waals surface area contributed by atoms with Crippen LogP contribution in [0.1, 0.15) is 108 Å². The van der Waals surface area contributed by atoms with Gasteiger partial charge in [0.25, 0.3) is 11.8 Å². The number of guanidine groups is 1. The summed E-state index contributed by atoms with van der Waals surface area (Å²) in [6, 6.07) is 3.59. The Kier molecular flexibility index (Phi) is 17.7. The number of halogens is 11. The standard InChI is InChI=1S/C53H56ClF10N11O10S2/c1-47(2,3)84-44(78)51(45(79)85-48(4,5)6,75-41-36(40(71-75)53(62,63)64)31-22-32(31)52(41,60)61)43(77)70-34(20-25-18-26(55)21-27(56)19-25)38-29(11-10-28(69-38)14-15-49(7,8)86(9,80)81)30-12-13-33(54)37-39(30)74(24-50(57,58)59)72-42(37)73-87(82,83)23-35(76)67-16-17-68-46(65)66/h10-13,18-19,21,31-32,34H,16-17,20,22-24H2,1-9H3,(H,67,76)(H,70,77)(H,72,73)(H4,65,66,68)/t31-,32+,34-/m0/s1. The average Bonchev–Trinajstić information content (AvgIpc) is 1.51. The quantitative estimate of drug-likeness (QED) is 0.0115. The van der Waals surface area contributed by atoms with Gasteiger partial charge in [0.1, 0.15) is 51.3 Å². The molecule has 2 aromatic carbocycles. The molecule has 34 heteroatoms. The van der Waals surface area contributed by atoms with Crippen molar-refractivity contribution in [2.45, 2.75) is 126 Å². The molecule has 3 atom stereocenters. The van der Waals surface area contributed by atoms with E-state index in [2.05, 4.69) is 42.6 Å². The third-order valence-electron chi connectivity index (χ3n) is 13.3. The number of aromatic nitrogens is 5. The smallest absolute Gasteiger partial charge is 0.435 e. The molecule has 0 saturated heterocycles. The summed E-state index contributed by atoms with van der Waals surface area (Å²) in [6.45, 7) is 6.84. The second-order valence-electron chi connectivity index (χ2n) is 22.9. The number of nitrogens with zero attached hydrogens (tertiary/aromatic N) is 6. The molecule has 5 aromatic rings. The highest BCUT2D eigenvalue weighted by molar-refractivity contribution is 7.93. The van der Waals surface area contributed by atoms with E-state index in [0.717, 1.165) is 30.5 Å². The van der Waals surface area contributed by atoms with Crippen LogP contribution < -0.4 is 26.8 Å².